The second kappa shape index (κ2) is 7.03. The zero-order valence-electron chi connectivity index (χ0n) is 14.1. The largest absolute Gasteiger partial charge is 0.362 e. The maximum Gasteiger partial charge on any atom is 0.288 e. The minimum atomic E-state index is -2.39. The Morgan fingerprint density at radius 1 is 1.08 bits per heavy atom. The van der Waals surface area contributed by atoms with Crippen molar-refractivity contribution < 1.29 is 8.78 Å². The molecule has 0 amide bonds. The number of hydrogen-bond acceptors (Lipinski definition) is 2. The summed E-state index contributed by atoms with van der Waals surface area (Å²) < 4.78 is 24.7. The third kappa shape index (κ3) is 4.11. The standard InChI is InChI=1S/C19H24F2N2S2/c20-17(21)25-16-3-1-15(2-4-16)23-18(24)22-11-19-8-12-5-13(9-19)7-14(6-12)10-19/h1-4,12-14,17H,5-11H2,(H2,22,23,24). The average Bonchev–Trinajstić information content (AvgIpc) is 2.53. The molecule has 4 aliphatic rings. The van der Waals surface area contributed by atoms with E-state index in [1.807, 2.05) is 0 Å². The van der Waals surface area contributed by atoms with Crippen LogP contribution in [0, 0.1) is 23.2 Å². The molecule has 25 heavy (non-hydrogen) atoms. The van der Waals surface area contributed by atoms with Gasteiger partial charge in [-0.25, -0.2) is 0 Å². The van der Waals surface area contributed by atoms with E-state index in [4.69, 9.17) is 12.2 Å². The Kier molecular flexibility index (Phi) is 4.93. The molecule has 0 heterocycles. The molecule has 4 fully saturated rings. The van der Waals surface area contributed by atoms with E-state index >= 15 is 0 Å². The number of nitrogens with one attached hydrogen (secondary N) is 2. The van der Waals surface area contributed by atoms with Crippen molar-refractivity contribution >= 4 is 34.8 Å². The van der Waals surface area contributed by atoms with Gasteiger partial charge in [0, 0.05) is 17.1 Å². The van der Waals surface area contributed by atoms with Crippen LogP contribution in [0.15, 0.2) is 29.2 Å². The Balaban J connectivity index is 1.29. The van der Waals surface area contributed by atoms with Gasteiger partial charge in [-0.05, 0) is 98.2 Å². The predicted molar refractivity (Wildman–Crippen MR) is 103 cm³/mol. The molecular formula is C19H24F2N2S2. The fourth-order valence-corrected chi connectivity index (χ4v) is 6.36. The summed E-state index contributed by atoms with van der Waals surface area (Å²) in [5.41, 5.74) is 1.28. The highest BCUT2D eigenvalue weighted by atomic mass is 32.2. The van der Waals surface area contributed by atoms with Gasteiger partial charge in [-0.1, -0.05) is 11.8 Å². The van der Waals surface area contributed by atoms with Crippen LogP contribution in [0.3, 0.4) is 0 Å². The molecule has 6 heteroatoms. The molecular weight excluding hydrogens is 358 g/mol. The van der Waals surface area contributed by atoms with Crippen molar-refractivity contribution in [2.75, 3.05) is 11.9 Å². The summed E-state index contributed by atoms with van der Waals surface area (Å²) in [5.74, 6) is 0.431. The number of alkyl halides is 2. The molecule has 2 N–H and O–H groups in total. The second-order valence-electron chi connectivity index (χ2n) is 8.13. The van der Waals surface area contributed by atoms with Gasteiger partial charge in [0.2, 0.25) is 0 Å². The van der Waals surface area contributed by atoms with E-state index in [0.717, 1.165) is 30.0 Å². The first kappa shape index (κ1) is 17.5. The quantitative estimate of drug-likeness (QED) is 0.518. The average molecular weight is 383 g/mol. The maximum absolute atomic E-state index is 12.4. The minimum Gasteiger partial charge on any atom is -0.362 e. The summed E-state index contributed by atoms with van der Waals surface area (Å²) in [6.45, 7) is 0.960. The molecule has 1 aromatic carbocycles. The van der Waals surface area contributed by atoms with Crippen LogP contribution in [-0.4, -0.2) is 17.4 Å². The molecule has 2 nitrogen and oxygen atoms in total. The Morgan fingerprint density at radius 2 is 1.64 bits per heavy atom. The van der Waals surface area contributed by atoms with E-state index in [0.29, 0.717) is 27.2 Å². The molecule has 4 bridgehead atoms. The third-order valence-electron chi connectivity index (χ3n) is 6.13. The number of anilines is 1. The zero-order valence-corrected chi connectivity index (χ0v) is 15.8. The van der Waals surface area contributed by atoms with Crippen molar-refractivity contribution in [1.82, 2.24) is 5.32 Å². The summed E-state index contributed by atoms with van der Waals surface area (Å²) >= 11 is 6.00. The lowest BCUT2D eigenvalue weighted by Gasteiger charge is -2.57. The van der Waals surface area contributed by atoms with Gasteiger partial charge in [0.1, 0.15) is 0 Å². The topological polar surface area (TPSA) is 24.1 Å². The van der Waals surface area contributed by atoms with E-state index in [1.54, 1.807) is 24.3 Å². The predicted octanol–water partition coefficient (Wildman–Crippen LogP) is 5.50. The molecule has 1 aromatic rings. The molecule has 0 spiro atoms. The number of thioether (sulfide) groups is 1. The SMILES string of the molecule is FC(F)Sc1ccc(NC(=S)NCC23CC4CC(CC(C4)C2)C3)cc1. The second-order valence-corrected chi connectivity index (χ2v) is 9.60. The third-order valence-corrected chi connectivity index (χ3v) is 7.10. The summed E-state index contributed by atoms with van der Waals surface area (Å²) in [4.78, 5) is 0.563. The number of benzene rings is 1. The van der Waals surface area contributed by atoms with Gasteiger partial charge >= 0.3 is 0 Å². The molecule has 5 rings (SSSR count). The molecule has 4 aliphatic carbocycles. The molecule has 0 atom stereocenters. The van der Waals surface area contributed by atoms with Crippen molar-refractivity contribution in [3.8, 4) is 0 Å². The first-order chi connectivity index (χ1) is 12.0. The molecule has 0 aromatic heterocycles. The van der Waals surface area contributed by atoms with Crippen LogP contribution in [0.25, 0.3) is 0 Å². The van der Waals surface area contributed by atoms with E-state index in [2.05, 4.69) is 10.6 Å². The van der Waals surface area contributed by atoms with E-state index < -0.39 is 5.76 Å². The lowest BCUT2D eigenvalue weighted by Crippen LogP contribution is -2.51. The van der Waals surface area contributed by atoms with Crippen LogP contribution in [0.2, 0.25) is 0 Å². The molecule has 0 aliphatic heterocycles. The Hall–Kier alpha value is -0.880. The first-order valence-electron chi connectivity index (χ1n) is 9.09. The number of hydrogen-bond donors (Lipinski definition) is 2. The van der Waals surface area contributed by atoms with E-state index in [9.17, 15) is 8.78 Å². The Bertz CT molecular complexity index is 598. The van der Waals surface area contributed by atoms with Crippen LogP contribution in [0.1, 0.15) is 38.5 Å². The normalized spacial score (nSPS) is 32.8. The minimum absolute atomic E-state index is 0.443. The highest BCUT2D eigenvalue weighted by molar-refractivity contribution is 7.99. The monoisotopic (exact) mass is 382 g/mol. The van der Waals surface area contributed by atoms with Crippen molar-refractivity contribution in [2.45, 2.75) is 49.2 Å². The molecule has 136 valence electrons. The van der Waals surface area contributed by atoms with Crippen molar-refractivity contribution in [2.24, 2.45) is 23.2 Å². The summed E-state index contributed by atoms with van der Waals surface area (Å²) in [7, 11) is 0. The van der Waals surface area contributed by atoms with Gasteiger partial charge in [0.05, 0.1) is 0 Å². The summed E-state index contributed by atoms with van der Waals surface area (Å²) in [6.07, 6.45) is 8.41. The number of thiocarbonyl (C=S) groups is 1. The highest BCUT2D eigenvalue weighted by Crippen LogP contribution is 2.59. The van der Waals surface area contributed by atoms with Gasteiger partial charge in [-0.15, -0.1) is 0 Å². The van der Waals surface area contributed by atoms with Crippen molar-refractivity contribution in [3.05, 3.63) is 24.3 Å². The fraction of sp³-hybridized carbons (Fsp3) is 0.632. The van der Waals surface area contributed by atoms with Crippen molar-refractivity contribution in [3.63, 3.8) is 0 Å². The fourth-order valence-electron chi connectivity index (χ4n) is 5.67. The van der Waals surface area contributed by atoms with E-state index in [1.165, 1.54) is 38.5 Å². The van der Waals surface area contributed by atoms with Gasteiger partial charge in [-0.3, -0.25) is 0 Å². The number of rotatable bonds is 5. The summed E-state index contributed by atoms with van der Waals surface area (Å²) in [6, 6.07) is 6.98. The molecule has 0 unspecified atom stereocenters. The zero-order chi connectivity index (χ0) is 17.4. The van der Waals surface area contributed by atoms with Crippen molar-refractivity contribution in [1.29, 1.82) is 0 Å². The lowest BCUT2D eigenvalue weighted by atomic mass is 9.49. The van der Waals surface area contributed by atoms with Crippen LogP contribution in [-0.2, 0) is 0 Å². The van der Waals surface area contributed by atoms with Gasteiger partial charge in [0.15, 0.2) is 5.11 Å². The molecule has 0 radical (unpaired) electrons. The van der Waals surface area contributed by atoms with Gasteiger partial charge in [0.25, 0.3) is 5.76 Å². The summed E-state index contributed by atoms with van der Waals surface area (Å²) in [5, 5.41) is 7.24. The van der Waals surface area contributed by atoms with Crippen LogP contribution >= 0.6 is 24.0 Å². The smallest absolute Gasteiger partial charge is 0.288 e. The van der Waals surface area contributed by atoms with Crippen LogP contribution < -0.4 is 10.6 Å². The van der Waals surface area contributed by atoms with Crippen LogP contribution in [0.5, 0.6) is 0 Å². The number of halogens is 2. The maximum atomic E-state index is 12.4. The van der Waals surface area contributed by atoms with Gasteiger partial charge in [-0.2, -0.15) is 8.78 Å². The first-order valence-corrected chi connectivity index (χ1v) is 10.4. The van der Waals surface area contributed by atoms with Gasteiger partial charge < -0.3 is 10.6 Å². The lowest BCUT2D eigenvalue weighted by molar-refractivity contribution is -0.0490. The Labute approximate surface area is 157 Å². The van der Waals surface area contributed by atoms with E-state index in [-0.39, 0.29) is 0 Å². The highest BCUT2D eigenvalue weighted by Gasteiger charge is 2.50. The van der Waals surface area contributed by atoms with Crippen LogP contribution in [0.4, 0.5) is 14.5 Å². The molecule has 4 saturated carbocycles. The molecule has 0 saturated heterocycles. The Morgan fingerprint density at radius 3 is 2.16 bits per heavy atom.